The Labute approximate surface area is 114 Å². The highest BCUT2D eigenvalue weighted by molar-refractivity contribution is 5.62. The van der Waals surface area contributed by atoms with Gasteiger partial charge in [-0.2, -0.15) is 0 Å². The van der Waals surface area contributed by atoms with Crippen LogP contribution < -0.4 is 11.1 Å². The van der Waals surface area contributed by atoms with Crippen molar-refractivity contribution in [1.29, 1.82) is 0 Å². The number of hydrogen-bond acceptors (Lipinski definition) is 4. The van der Waals surface area contributed by atoms with Gasteiger partial charge in [-0.1, -0.05) is 38.5 Å². The van der Waals surface area contributed by atoms with Crippen LogP contribution in [0.1, 0.15) is 31.7 Å². The van der Waals surface area contributed by atoms with Gasteiger partial charge in [0.25, 0.3) is 0 Å². The van der Waals surface area contributed by atoms with Gasteiger partial charge in [-0.25, -0.2) is 9.97 Å². The first-order chi connectivity index (χ1) is 9.22. The van der Waals surface area contributed by atoms with E-state index in [2.05, 4.69) is 40.4 Å². The summed E-state index contributed by atoms with van der Waals surface area (Å²) in [4.78, 5) is 8.63. The molecule has 0 bridgehead atoms. The van der Waals surface area contributed by atoms with E-state index in [0.717, 1.165) is 36.6 Å². The van der Waals surface area contributed by atoms with Gasteiger partial charge in [0, 0.05) is 18.2 Å². The SMILES string of the molecule is CCCc1ccccc1Nc1cc(N)nc(CC)n1. The molecule has 4 heteroatoms. The summed E-state index contributed by atoms with van der Waals surface area (Å²) < 4.78 is 0. The van der Waals surface area contributed by atoms with Gasteiger partial charge >= 0.3 is 0 Å². The van der Waals surface area contributed by atoms with E-state index >= 15 is 0 Å². The van der Waals surface area contributed by atoms with E-state index in [1.807, 2.05) is 13.0 Å². The lowest BCUT2D eigenvalue weighted by Crippen LogP contribution is -2.04. The highest BCUT2D eigenvalue weighted by Gasteiger charge is 2.05. The minimum Gasteiger partial charge on any atom is -0.384 e. The highest BCUT2D eigenvalue weighted by atomic mass is 15.0. The van der Waals surface area contributed by atoms with Gasteiger partial charge in [0.1, 0.15) is 17.5 Å². The number of aryl methyl sites for hydroxylation is 2. The molecule has 0 aliphatic rings. The molecule has 100 valence electrons. The Kier molecular flexibility index (Phi) is 4.34. The number of hydrogen-bond donors (Lipinski definition) is 2. The molecule has 0 atom stereocenters. The van der Waals surface area contributed by atoms with Crippen molar-refractivity contribution < 1.29 is 0 Å². The van der Waals surface area contributed by atoms with Crippen LogP contribution in [0.3, 0.4) is 0 Å². The van der Waals surface area contributed by atoms with Gasteiger partial charge < -0.3 is 11.1 Å². The van der Waals surface area contributed by atoms with Crippen LogP contribution in [0.15, 0.2) is 30.3 Å². The molecule has 0 radical (unpaired) electrons. The molecule has 0 fully saturated rings. The quantitative estimate of drug-likeness (QED) is 0.861. The Morgan fingerprint density at radius 3 is 2.68 bits per heavy atom. The van der Waals surface area contributed by atoms with Crippen molar-refractivity contribution in [2.24, 2.45) is 0 Å². The van der Waals surface area contributed by atoms with E-state index in [1.54, 1.807) is 6.07 Å². The molecule has 0 aliphatic carbocycles. The molecule has 0 spiro atoms. The monoisotopic (exact) mass is 256 g/mol. The maximum Gasteiger partial charge on any atom is 0.136 e. The molecule has 3 N–H and O–H groups in total. The molecule has 0 unspecified atom stereocenters. The van der Waals surface area contributed by atoms with Crippen molar-refractivity contribution in [2.75, 3.05) is 11.1 Å². The van der Waals surface area contributed by atoms with Crippen LogP contribution in [0.2, 0.25) is 0 Å². The molecule has 1 heterocycles. The van der Waals surface area contributed by atoms with E-state index in [4.69, 9.17) is 5.73 Å². The van der Waals surface area contributed by atoms with Crippen LogP contribution in [0.4, 0.5) is 17.3 Å². The third-order valence-corrected chi connectivity index (χ3v) is 2.91. The standard InChI is InChI=1S/C15H20N4/c1-3-7-11-8-5-6-9-12(11)17-15-10-13(16)18-14(4-2)19-15/h5-6,8-10H,3-4,7H2,1-2H3,(H3,16,17,18,19). The van der Waals surface area contributed by atoms with Crippen LogP contribution >= 0.6 is 0 Å². The summed E-state index contributed by atoms with van der Waals surface area (Å²) in [5.74, 6) is 2.02. The lowest BCUT2D eigenvalue weighted by atomic mass is 10.1. The number of nitrogens with one attached hydrogen (secondary N) is 1. The second-order valence-electron chi connectivity index (χ2n) is 4.48. The van der Waals surface area contributed by atoms with Crippen LogP contribution in [0.25, 0.3) is 0 Å². The number of aromatic nitrogens is 2. The fourth-order valence-electron chi connectivity index (χ4n) is 2.01. The molecule has 4 nitrogen and oxygen atoms in total. The average molecular weight is 256 g/mol. The molecule has 2 aromatic rings. The number of anilines is 3. The second kappa shape index (κ2) is 6.18. The van der Waals surface area contributed by atoms with E-state index in [9.17, 15) is 0 Å². The summed E-state index contributed by atoms with van der Waals surface area (Å²) >= 11 is 0. The first kappa shape index (κ1) is 13.3. The van der Waals surface area contributed by atoms with Gasteiger partial charge in [0.05, 0.1) is 0 Å². The summed E-state index contributed by atoms with van der Waals surface area (Å²) in [7, 11) is 0. The zero-order valence-corrected chi connectivity index (χ0v) is 11.5. The molecule has 0 amide bonds. The Morgan fingerprint density at radius 1 is 1.16 bits per heavy atom. The van der Waals surface area contributed by atoms with Crippen LogP contribution in [-0.4, -0.2) is 9.97 Å². The van der Waals surface area contributed by atoms with Crippen LogP contribution in [0, 0.1) is 0 Å². The lowest BCUT2D eigenvalue weighted by molar-refractivity contribution is 0.921. The van der Waals surface area contributed by atoms with Crippen molar-refractivity contribution in [3.8, 4) is 0 Å². The number of rotatable bonds is 5. The topological polar surface area (TPSA) is 63.8 Å². The minimum absolute atomic E-state index is 0.502. The first-order valence-corrected chi connectivity index (χ1v) is 6.71. The Morgan fingerprint density at radius 2 is 1.95 bits per heavy atom. The van der Waals surface area contributed by atoms with Gasteiger partial charge in [-0.3, -0.25) is 0 Å². The maximum atomic E-state index is 5.79. The average Bonchev–Trinajstić information content (AvgIpc) is 2.40. The molecule has 2 rings (SSSR count). The van der Waals surface area contributed by atoms with Crippen molar-refractivity contribution in [3.63, 3.8) is 0 Å². The highest BCUT2D eigenvalue weighted by Crippen LogP contribution is 2.21. The largest absolute Gasteiger partial charge is 0.384 e. The minimum atomic E-state index is 0.502. The molecular formula is C15H20N4. The maximum absolute atomic E-state index is 5.79. The molecule has 1 aromatic carbocycles. The number of nitrogens with two attached hydrogens (primary N) is 1. The predicted octanol–water partition coefficient (Wildman–Crippen LogP) is 3.32. The Hall–Kier alpha value is -2.10. The lowest BCUT2D eigenvalue weighted by Gasteiger charge is -2.11. The van der Waals surface area contributed by atoms with E-state index in [0.29, 0.717) is 5.82 Å². The van der Waals surface area contributed by atoms with E-state index in [1.165, 1.54) is 5.56 Å². The summed E-state index contributed by atoms with van der Waals surface area (Å²) in [6.07, 6.45) is 2.94. The normalized spacial score (nSPS) is 10.4. The fraction of sp³-hybridized carbons (Fsp3) is 0.333. The summed E-state index contributed by atoms with van der Waals surface area (Å²) in [5, 5.41) is 3.34. The number of nitrogen functional groups attached to an aromatic ring is 1. The van der Waals surface area contributed by atoms with Gasteiger partial charge in [-0.05, 0) is 18.1 Å². The van der Waals surface area contributed by atoms with Crippen molar-refractivity contribution in [3.05, 3.63) is 41.7 Å². The summed E-state index contributed by atoms with van der Waals surface area (Å²) in [5.41, 5.74) is 8.17. The number of benzene rings is 1. The zero-order valence-electron chi connectivity index (χ0n) is 11.5. The molecule has 0 saturated heterocycles. The third-order valence-electron chi connectivity index (χ3n) is 2.91. The van der Waals surface area contributed by atoms with Gasteiger partial charge in [-0.15, -0.1) is 0 Å². The predicted molar refractivity (Wildman–Crippen MR) is 79.5 cm³/mol. The van der Waals surface area contributed by atoms with Crippen molar-refractivity contribution in [2.45, 2.75) is 33.1 Å². The van der Waals surface area contributed by atoms with Gasteiger partial charge in [0.15, 0.2) is 0 Å². The van der Waals surface area contributed by atoms with Crippen LogP contribution in [0.5, 0.6) is 0 Å². The third kappa shape index (κ3) is 3.44. The van der Waals surface area contributed by atoms with E-state index in [-0.39, 0.29) is 0 Å². The summed E-state index contributed by atoms with van der Waals surface area (Å²) in [6, 6.07) is 10.0. The van der Waals surface area contributed by atoms with Crippen molar-refractivity contribution >= 4 is 17.3 Å². The molecular weight excluding hydrogens is 236 g/mol. The van der Waals surface area contributed by atoms with Gasteiger partial charge in [0.2, 0.25) is 0 Å². The Balaban J connectivity index is 2.28. The smallest absolute Gasteiger partial charge is 0.136 e. The zero-order chi connectivity index (χ0) is 13.7. The van der Waals surface area contributed by atoms with Crippen molar-refractivity contribution in [1.82, 2.24) is 9.97 Å². The second-order valence-corrected chi connectivity index (χ2v) is 4.48. The molecule has 0 saturated carbocycles. The Bertz CT molecular complexity index is 552. The van der Waals surface area contributed by atoms with Crippen LogP contribution in [-0.2, 0) is 12.8 Å². The number of nitrogens with zero attached hydrogens (tertiary/aromatic N) is 2. The number of para-hydroxylation sites is 1. The first-order valence-electron chi connectivity index (χ1n) is 6.71. The molecule has 19 heavy (non-hydrogen) atoms. The summed E-state index contributed by atoms with van der Waals surface area (Å²) in [6.45, 7) is 4.19. The molecule has 1 aromatic heterocycles. The molecule has 0 aliphatic heterocycles. The fourth-order valence-corrected chi connectivity index (χ4v) is 2.01. The van der Waals surface area contributed by atoms with E-state index < -0.39 is 0 Å².